The van der Waals surface area contributed by atoms with Crippen LogP contribution in [0.4, 0.5) is 0 Å². The minimum atomic E-state index is -0.0294. The van der Waals surface area contributed by atoms with Gasteiger partial charge < -0.3 is 15.0 Å². The van der Waals surface area contributed by atoms with Crippen molar-refractivity contribution < 1.29 is 9.53 Å². The van der Waals surface area contributed by atoms with E-state index in [0.717, 1.165) is 31.9 Å². The zero-order chi connectivity index (χ0) is 18.4. The summed E-state index contributed by atoms with van der Waals surface area (Å²) in [7, 11) is 3.82. The number of hydrogen-bond acceptors (Lipinski definition) is 4. The molecule has 2 aromatic rings. The number of ether oxygens (including phenoxy) is 1. The van der Waals surface area contributed by atoms with Crippen LogP contribution in [0.15, 0.2) is 54.6 Å². The van der Waals surface area contributed by atoms with Crippen LogP contribution in [0, 0.1) is 0 Å². The van der Waals surface area contributed by atoms with Gasteiger partial charge in [0.25, 0.3) is 5.91 Å². The number of nitrogens with zero attached hydrogens (tertiary/aromatic N) is 2. The van der Waals surface area contributed by atoms with Gasteiger partial charge >= 0.3 is 0 Å². The van der Waals surface area contributed by atoms with Crippen LogP contribution in [-0.4, -0.2) is 62.6 Å². The molecule has 0 saturated carbocycles. The standard InChI is InChI=1S/C21H27N3O2/c1-23-12-14-24(15-13-23)20(17-8-10-19(26-2)11-9-17)16-22-21(25)18-6-4-3-5-7-18/h3-11,20H,12-16H2,1-2H3,(H,22,25)/t20-/m0/s1. The van der Waals surface area contributed by atoms with Crippen molar-refractivity contribution in [1.29, 1.82) is 0 Å². The molecule has 1 atom stereocenters. The van der Waals surface area contributed by atoms with Gasteiger partial charge in [0.2, 0.25) is 0 Å². The number of carbonyl (C=O) groups is 1. The first-order valence-electron chi connectivity index (χ1n) is 9.07. The fraction of sp³-hybridized carbons (Fsp3) is 0.381. The zero-order valence-electron chi connectivity index (χ0n) is 15.5. The highest BCUT2D eigenvalue weighted by Crippen LogP contribution is 2.24. The molecule has 0 unspecified atom stereocenters. The van der Waals surface area contributed by atoms with Crippen molar-refractivity contribution in [3.63, 3.8) is 0 Å². The molecule has 0 radical (unpaired) electrons. The van der Waals surface area contributed by atoms with Crippen LogP contribution in [-0.2, 0) is 0 Å². The number of likely N-dealkylation sites (N-methyl/N-ethyl adjacent to an activating group) is 1. The Hall–Kier alpha value is -2.37. The van der Waals surface area contributed by atoms with Crippen molar-refractivity contribution in [3.05, 3.63) is 65.7 Å². The predicted octanol–water partition coefficient (Wildman–Crippen LogP) is 2.41. The molecule has 1 N–H and O–H groups in total. The number of piperazine rings is 1. The molecule has 1 heterocycles. The Morgan fingerprint density at radius 1 is 1.04 bits per heavy atom. The van der Waals surface area contributed by atoms with Crippen LogP contribution in [0.5, 0.6) is 5.75 Å². The third kappa shape index (κ3) is 4.62. The molecular weight excluding hydrogens is 326 g/mol. The Bertz CT molecular complexity index is 695. The third-order valence-corrected chi connectivity index (χ3v) is 4.97. The van der Waals surface area contributed by atoms with Crippen LogP contribution in [0.25, 0.3) is 0 Å². The lowest BCUT2D eigenvalue weighted by Crippen LogP contribution is -2.48. The van der Waals surface area contributed by atoms with Crippen LogP contribution < -0.4 is 10.1 Å². The summed E-state index contributed by atoms with van der Waals surface area (Å²) in [4.78, 5) is 17.2. The van der Waals surface area contributed by atoms with Crippen molar-refractivity contribution in [2.24, 2.45) is 0 Å². The van der Waals surface area contributed by atoms with Gasteiger partial charge in [-0.2, -0.15) is 0 Å². The molecule has 1 aliphatic heterocycles. The molecular formula is C21H27N3O2. The lowest BCUT2D eigenvalue weighted by Gasteiger charge is -2.38. The SMILES string of the molecule is COc1ccc([C@H](CNC(=O)c2ccccc2)N2CCN(C)CC2)cc1. The van der Waals surface area contributed by atoms with Crippen LogP contribution in [0.1, 0.15) is 22.0 Å². The molecule has 0 aromatic heterocycles. The minimum Gasteiger partial charge on any atom is -0.497 e. The average molecular weight is 353 g/mol. The van der Waals surface area contributed by atoms with Gasteiger partial charge in [-0.05, 0) is 36.9 Å². The van der Waals surface area contributed by atoms with Crippen molar-refractivity contribution in [2.75, 3.05) is 46.9 Å². The maximum atomic E-state index is 12.5. The van der Waals surface area contributed by atoms with Crippen LogP contribution in [0.2, 0.25) is 0 Å². The Morgan fingerprint density at radius 2 is 1.69 bits per heavy atom. The molecule has 26 heavy (non-hydrogen) atoms. The van der Waals surface area contributed by atoms with E-state index in [0.29, 0.717) is 12.1 Å². The van der Waals surface area contributed by atoms with E-state index in [4.69, 9.17) is 4.74 Å². The summed E-state index contributed by atoms with van der Waals surface area (Å²) in [6.07, 6.45) is 0. The maximum Gasteiger partial charge on any atom is 0.251 e. The smallest absolute Gasteiger partial charge is 0.251 e. The molecule has 5 heteroatoms. The van der Waals surface area contributed by atoms with Crippen molar-refractivity contribution >= 4 is 5.91 Å². The quantitative estimate of drug-likeness (QED) is 0.866. The number of hydrogen-bond donors (Lipinski definition) is 1. The molecule has 2 aromatic carbocycles. The summed E-state index contributed by atoms with van der Waals surface area (Å²) >= 11 is 0. The zero-order valence-corrected chi connectivity index (χ0v) is 15.5. The van der Waals surface area contributed by atoms with Gasteiger partial charge in [0.05, 0.1) is 13.2 Å². The summed E-state index contributed by atoms with van der Waals surface area (Å²) in [5, 5.41) is 3.11. The van der Waals surface area contributed by atoms with Crippen molar-refractivity contribution in [1.82, 2.24) is 15.1 Å². The Morgan fingerprint density at radius 3 is 2.31 bits per heavy atom. The largest absolute Gasteiger partial charge is 0.497 e. The van der Waals surface area contributed by atoms with Crippen molar-refractivity contribution in [2.45, 2.75) is 6.04 Å². The number of carbonyl (C=O) groups excluding carboxylic acids is 1. The molecule has 0 aliphatic carbocycles. The number of benzene rings is 2. The van der Waals surface area contributed by atoms with E-state index < -0.39 is 0 Å². The first-order valence-corrected chi connectivity index (χ1v) is 9.07. The number of amides is 1. The fourth-order valence-corrected chi connectivity index (χ4v) is 3.30. The van der Waals surface area contributed by atoms with Crippen molar-refractivity contribution in [3.8, 4) is 5.75 Å². The molecule has 0 bridgehead atoms. The molecule has 5 nitrogen and oxygen atoms in total. The van der Waals surface area contributed by atoms with Crippen LogP contribution in [0.3, 0.4) is 0 Å². The lowest BCUT2D eigenvalue weighted by molar-refractivity contribution is 0.0886. The summed E-state index contributed by atoms with van der Waals surface area (Å²) < 4.78 is 5.27. The molecule has 1 saturated heterocycles. The summed E-state index contributed by atoms with van der Waals surface area (Å²) in [5.74, 6) is 0.817. The summed E-state index contributed by atoms with van der Waals surface area (Å²) in [6.45, 7) is 4.66. The highest BCUT2D eigenvalue weighted by Gasteiger charge is 2.24. The second-order valence-electron chi connectivity index (χ2n) is 6.70. The van der Waals surface area contributed by atoms with E-state index in [-0.39, 0.29) is 11.9 Å². The molecule has 1 fully saturated rings. The van der Waals surface area contributed by atoms with E-state index in [1.165, 1.54) is 5.56 Å². The molecule has 1 aliphatic rings. The van der Waals surface area contributed by atoms with Gasteiger partial charge in [-0.15, -0.1) is 0 Å². The predicted molar refractivity (Wildman–Crippen MR) is 104 cm³/mol. The summed E-state index contributed by atoms with van der Waals surface area (Å²) in [5.41, 5.74) is 1.89. The van der Waals surface area contributed by atoms with Gasteiger partial charge in [-0.25, -0.2) is 0 Å². The molecule has 0 spiro atoms. The van der Waals surface area contributed by atoms with E-state index in [9.17, 15) is 4.79 Å². The monoisotopic (exact) mass is 353 g/mol. The number of methoxy groups -OCH3 is 1. The topological polar surface area (TPSA) is 44.8 Å². The average Bonchev–Trinajstić information content (AvgIpc) is 2.70. The Kier molecular flexibility index (Phi) is 6.26. The molecule has 3 rings (SSSR count). The lowest BCUT2D eigenvalue weighted by atomic mass is 10.0. The normalized spacial score (nSPS) is 16.8. The Balaban J connectivity index is 1.72. The van der Waals surface area contributed by atoms with E-state index in [1.807, 2.05) is 42.5 Å². The third-order valence-electron chi connectivity index (χ3n) is 4.97. The first-order chi connectivity index (χ1) is 12.7. The van der Waals surface area contributed by atoms with Gasteiger partial charge in [-0.3, -0.25) is 9.69 Å². The molecule has 138 valence electrons. The van der Waals surface area contributed by atoms with E-state index in [1.54, 1.807) is 7.11 Å². The van der Waals surface area contributed by atoms with Gasteiger partial charge in [0.1, 0.15) is 5.75 Å². The van der Waals surface area contributed by atoms with Crippen LogP contribution >= 0.6 is 0 Å². The highest BCUT2D eigenvalue weighted by molar-refractivity contribution is 5.94. The van der Waals surface area contributed by atoms with Gasteiger partial charge in [-0.1, -0.05) is 30.3 Å². The van der Waals surface area contributed by atoms with Gasteiger partial charge in [0.15, 0.2) is 0 Å². The fourth-order valence-electron chi connectivity index (χ4n) is 3.30. The summed E-state index contributed by atoms with van der Waals surface area (Å²) in [6, 6.07) is 17.7. The first kappa shape index (κ1) is 18.4. The second kappa shape index (κ2) is 8.83. The van der Waals surface area contributed by atoms with E-state index >= 15 is 0 Å². The minimum absolute atomic E-state index is 0.0294. The number of rotatable bonds is 6. The second-order valence-corrected chi connectivity index (χ2v) is 6.70. The maximum absolute atomic E-state index is 12.5. The Labute approximate surface area is 155 Å². The molecule has 1 amide bonds. The number of nitrogens with one attached hydrogen (secondary N) is 1. The highest BCUT2D eigenvalue weighted by atomic mass is 16.5. The van der Waals surface area contributed by atoms with Gasteiger partial charge in [0, 0.05) is 38.3 Å². The van der Waals surface area contributed by atoms with E-state index in [2.05, 4.69) is 34.3 Å².